The van der Waals surface area contributed by atoms with Crippen LogP contribution in [0, 0.1) is 0 Å². The normalized spacial score (nSPS) is 13.8. The minimum atomic E-state index is -3.83. The number of hydrogen-bond donors (Lipinski definition) is 2. The lowest BCUT2D eigenvalue weighted by atomic mass is 10.5. The maximum Gasteiger partial charge on any atom is 0.235 e. The van der Waals surface area contributed by atoms with E-state index in [-0.39, 0.29) is 9.47 Å². The van der Waals surface area contributed by atoms with Crippen molar-refractivity contribution in [3.63, 3.8) is 0 Å². The molecule has 0 aliphatic carbocycles. The van der Waals surface area contributed by atoms with Gasteiger partial charge >= 0.3 is 0 Å². The third kappa shape index (κ3) is 1.82. The second-order valence-electron chi connectivity index (χ2n) is 2.50. The third-order valence-corrected chi connectivity index (χ3v) is 4.76. The molecule has 0 radical (unpaired) electrons. The molecule has 1 rings (SSSR count). The summed E-state index contributed by atoms with van der Waals surface area (Å²) in [6.07, 6.45) is 0. The standard InChI is InChI=1S/C5H8N4O3S2/c1-2(3(6)10)14(11,12)5-9-8-4(7)13-5/h2H,1H3,(H2,6,10)(H2,7,8). The SMILES string of the molecule is CC(C(N)=O)S(=O)(=O)c1nnc(N)s1. The quantitative estimate of drug-likeness (QED) is 0.675. The minimum Gasteiger partial charge on any atom is -0.374 e. The van der Waals surface area contributed by atoms with Crippen molar-refractivity contribution in [2.45, 2.75) is 16.5 Å². The molecule has 1 aromatic rings. The Morgan fingerprint density at radius 1 is 1.50 bits per heavy atom. The van der Waals surface area contributed by atoms with Crippen LogP contribution >= 0.6 is 11.3 Å². The molecule has 0 aromatic carbocycles. The Morgan fingerprint density at radius 2 is 2.07 bits per heavy atom. The van der Waals surface area contributed by atoms with Crippen molar-refractivity contribution < 1.29 is 13.2 Å². The van der Waals surface area contributed by atoms with Crippen molar-refractivity contribution in [1.82, 2.24) is 10.2 Å². The lowest BCUT2D eigenvalue weighted by Gasteiger charge is -2.04. The highest BCUT2D eigenvalue weighted by atomic mass is 32.2. The summed E-state index contributed by atoms with van der Waals surface area (Å²) in [7, 11) is -3.83. The van der Waals surface area contributed by atoms with Crippen molar-refractivity contribution in [1.29, 1.82) is 0 Å². The van der Waals surface area contributed by atoms with Gasteiger partial charge in [0.2, 0.25) is 25.2 Å². The number of amides is 1. The van der Waals surface area contributed by atoms with Crippen LogP contribution in [0.5, 0.6) is 0 Å². The number of nitrogen functional groups attached to an aromatic ring is 1. The molecular formula is C5H8N4O3S2. The van der Waals surface area contributed by atoms with Crippen LogP contribution in [0.15, 0.2) is 4.34 Å². The van der Waals surface area contributed by atoms with Gasteiger partial charge in [0.25, 0.3) is 0 Å². The molecule has 14 heavy (non-hydrogen) atoms. The molecular weight excluding hydrogens is 228 g/mol. The number of hydrogen-bond acceptors (Lipinski definition) is 7. The zero-order valence-corrected chi connectivity index (χ0v) is 8.80. The summed E-state index contributed by atoms with van der Waals surface area (Å²) in [5, 5.41) is 5.38. The van der Waals surface area contributed by atoms with Gasteiger partial charge in [-0.05, 0) is 6.92 Å². The number of primary amides is 1. The van der Waals surface area contributed by atoms with E-state index < -0.39 is 21.0 Å². The van der Waals surface area contributed by atoms with Gasteiger partial charge in [-0.1, -0.05) is 11.3 Å². The molecule has 1 atom stereocenters. The molecule has 0 spiro atoms. The van der Waals surface area contributed by atoms with E-state index in [1.807, 2.05) is 0 Å². The van der Waals surface area contributed by atoms with E-state index in [1.54, 1.807) is 0 Å². The second kappa shape index (κ2) is 3.50. The van der Waals surface area contributed by atoms with Crippen molar-refractivity contribution in [3.05, 3.63) is 0 Å². The van der Waals surface area contributed by atoms with E-state index in [0.717, 1.165) is 0 Å². The Hall–Kier alpha value is -1.22. The maximum atomic E-state index is 11.5. The first kappa shape index (κ1) is 10.9. The highest BCUT2D eigenvalue weighted by Gasteiger charge is 2.31. The molecule has 0 saturated carbocycles. The van der Waals surface area contributed by atoms with Crippen molar-refractivity contribution in [2.24, 2.45) is 5.73 Å². The Morgan fingerprint density at radius 3 is 2.43 bits per heavy atom. The third-order valence-electron chi connectivity index (χ3n) is 1.53. The number of nitrogens with zero attached hydrogens (tertiary/aromatic N) is 2. The molecule has 0 bridgehead atoms. The van der Waals surface area contributed by atoms with Crippen molar-refractivity contribution in [3.8, 4) is 0 Å². The van der Waals surface area contributed by atoms with Crippen molar-refractivity contribution >= 4 is 32.2 Å². The van der Waals surface area contributed by atoms with Crippen LogP contribution in [0.1, 0.15) is 6.92 Å². The van der Waals surface area contributed by atoms with Crippen LogP contribution in [0.4, 0.5) is 5.13 Å². The van der Waals surface area contributed by atoms with Crippen LogP contribution in [0.25, 0.3) is 0 Å². The smallest absolute Gasteiger partial charge is 0.235 e. The van der Waals surface area contributed by atoms with E-state index in [4.69, 9.17) is 11.5 Å². The summed E-state index contributed by atoms with van der Waals surface area (Å²) in [6, 6.07) is 0. The van der Waals surface area contributed by atoms with Gasteiger partial charge < -0.3 is 11.5 Å². The first-order valence-corrected chi connectivity index (χ1v) is 5.84. The molecule has 1 amide bonds. The summed E-state index contributed by atoms with van der Waals surface area (Å²) < 4.78 is 22.8. The van der Waals surface area contributed by atoms with Gasteiger partial charge in [0.1, 0.15) is 5.25 Å². The largest absolute Gasteiger partial charge is 0.374 e. The van der Waals surface area contributed by atoms with E-state index >= 15 is 0 Å². The van der Waals surface area contributed by atoms with Crippen LogP contribution in [-0.4, -0.2) is 29.8 Å². The number of rotatable bonds is 3. The fourth-order valence-electron chi connectivity index (χ4n) is 0.640. The Balaban J connectivity index is 3.15. The molecule has 4 N–H and O–H groups in total. The van der Waals surface area contributed by atoms with Gasteiger partial charge in [-0.2, -0.15) is 0 Å². The van der Waals surface area contributed by atoms with E-state index in [9.17, 15) is 13.2 Å². The number of nitrogens with two attached hydrogens (primary N) is 2. The molecule has 1 unspecified atom stereocenters. The van der Waals surface area contributed by atoms with Crippen LogP contribution in [0.2, 0.25) is 0 Å². The Bertz CT molecular complexity index is 451. The molecule has 0 fully saturated rings. The van der Waals surface area contributed by atoms with Gasteiger partial charge in [0.15, 0.2) is 0 Å². The Labute approximate surface area is 84.0 Å². The minimum absolute atomic E-state index is 0.0280. The molecule has 0 saturated heterocycles. The van der Waals surface area contributed by atoms with Gasteiger partial charge in [-0.15, -0.1) is 10.2 Å². The average molecular weight is 236 g/mol. The van der Waals surface area contributed by atoms with Gasteiger partial charge in [0, 0.05) is 0 Å². The van der Waals surface area contributed by atoms with Crippen LogP contribution < -0.4 is 11.5 Å². The number of anilines is 1. The number of sulfone groups is 1. The predicted octanol–water partition coefficient (Wildman–Crippen LogP) is -1.23. The maximum absolute atomic E-state index is 11.5. The lowest BCUT2D eigenvalue weighted by Crippen LogP contribution is -2.33. The number of aromatic nitrogens is 2. The van der Waals surface area contributed by atoms with Crippen LogP contribution in [-0.2, 0) is 14.6 Å². The molecule has 78 valence electrons. The summed E-state index contributed by atoms with van der Waals surface area (Å²) in [6.45, 7) is 1.19. The summed E-state index contributed by atoms with van der Waals surface area (Å²) >= 11 is 0.700. The van der Waals surface area contributed by atoms with Gasteiger partial charge in [-0.3, -0.25) is 4.79 Å². The Kier molecular flexibility index (Phi) is 2.71. The van der Waals surface area contributed by atoms with Gasteiger partial charge in [0.05, 0.1) is 0 Å². The highest BCUT2D eigenvalue weighted by Crippen LogP contribution is 2.21. The van der Waals surface area contributed by atoms with Crippen molar-refractivity contribution in [2.75, 3.05) is 5.73 Å². The lowest BCUT2D eigenvalue weighted by molar-refractivity contribution is -0.117. The molecule has 1 aromatic heterocycles. The van der Waals surface area contributed by atoms with Gasteiger partial charge in [-0.25, -0.2) is 8.42 Å². The van der Waals surface area contributed by atoms with Crippen LogP contribution in [0.3, 0.4) is 0 Å². The molecule has 0 aliphatic heterocycles. The van der Waals surface area contributed by atoms with E-state index in [1.165, 1.54) is 6.92 Å². The molecule has 1 heterocycles. The predicted molar refractivity (Wildman–Crippen MR) is 50.2 cm³/mol. The first-order valence-electron chi connectivity index (χ1n) is 3.48. The summed E-state index contributed by atoms with van der Waals surface area (Å²) in [5.41, 5.74) is 10.1. The zero-order chi connectivity index (χ0) is 10.9. The molecule has 9 heteroatoms. The molecule has 7 nitrogen and oxygen atoms in total. The molecule has 0 aliphatic rings. The summed E-state index contributed by atoms with van der Waals surface area (Å²) in [4.78, 5) is 10.7. The fourth-order valence-corrected chi connectivity index (χ4v) is 2.90. The monoisotopic (exact) mass is 236 g/mol. The zero-order valence-electron chi connectivity index (χ0n) is 7.17. The first-order chi connectivity index (χ1) is 6.35. The van der Waals surface area contributed by atoms with E-state index in [2.05, 4.69) is 10.2 Å². The topological polar surface area (TPSA) is 129 Å². The average Bonchev–Trinajstić information content (AvgIpc) is 2.50. The summed E-state index contributed by atoms with van der Waals surface area (Å²) in [5.74, 6) is -0.932. The fraction of sp³-hybridized carbons (Fsp3) is 0.400. The van der Waals surface area contributed by atoms with E-state index in [0.29, 0.717) is 11.3 Å². The number of carbonyl (C=O) groups is 1. The second-order valence-corrected chi connectivity index (χ2v) is 5.95. The number of carbonyl (C=O) groups excluding carboxylic acids is 1. The highest BCUT2D eigenvalue weighted by molar-refractivity contribution is 7.94.